The maximum Gasteiger partial charge on any atom is 0.319 e. The molecule has 0 fully saturated rings. The number of benzene rings is 2. The lowest BCUT2D eigenvalue weighted by Gasteiger charge is -2.10. The van der Waals surface area contributed by atoms with Gasteiger partial charge in [0.25, 0.3) is 5.91 Å². The van der Waals surface area contributed by atoms with Crippen LogP contribution in [0, 0.1) is 6.92 Å². The first-order valence-corrected chi connectivity index (χ1v) is 9.81. The lowest BCUT2D eigenvalue weighted by Crippen LogP contribution is -2.34. The smallest absolute Gasteiger partial charge is 0.319 e. The number of thiazole rings is 1. The Labute approximate surface area is 168 Å². The zero-order valence-electron chi connectivity index (χ0n) is 15.9. The second-order valence-corrected chi connectivity index (χ2v) is 7.50. The van der Waals surface area contributed by atoms with E-state index in [9.17, 15) is 9.59 Å². The quantitative estimate of drug-likeness (QED) is 0.575. The predicted molar refractivity (Wildman–Crippen MR) is 114 cm³/mol. The minimum absolute atomic E-state index is 0.0490. The molecule has 2 aromatic carbocycles. The number of nitrogens with zero attached hydrogens (tertiary/aromatic N) is 1. The zero-order valence-corrected chi connectivity index (χ0v) is 16.8. The molecule has 28 heavy (non-hydrogen) atoms. The van der Waals surface area contributed by atoms with Crippen LogP contribution in [0.1, 0.15) is 29.8 Å². The Morgan fingerprint density at radius 3 is 2.39 bits per heavy atom. The number of aryl methyl sites for hydroxylation is 1. The van der Waals surface area contributed by atoms with Gasteiger partial charge in [-0.2, -0.15) is 0 Å². The lowest BCUT2D eigenvalue weighted by molar-refractivity contribution is 0.102. The fraction of sp³-hybridized carbons (Fsp3) is 0.190. The van der Waals surface area contributed by atoms with Gasteiger partial charge in [-0.3, -0.25) is 10.1 Å². The van der Waals surface area contributed by atoms with Crippen LogP contribution in [-0.2, 0) is 0 Å². The fourth-order valence-corrected chi connectivity index (χ4v) is 3.32. The van der Waals surface area contributed by atoms with Crippen LogP contribution in [0.4, 0.5) is 15.6 Å². The van der Waals surface area contributed by atoms with Gasteiger partial charge in [-0.15, -0.1) is 11.3 Å². The van der Waals surface area contributed by atoms with Crippen molar-refractivity contribution in [2.45, 2.75) is 26.8 Å². The number of anilines is 2. The van der Waals surface area contributed by atoms with Gasteiger partial charge >= 0.3 is 6.03 Å². The molecule has 144 valence electrons. The normalized spacial score (nSPS) is 10.6. The van der Waals surface area contributed by atoms with E-state index in [4.69, 9.17) is 0 Å². The highest BCUT2D eigenvalue weighted by Crippen LogP contribution is 2.27. The molecule has 0 spiro atoms. The van der Waals surface area contributed by atoms with Gasteiger partial charge in [0, 0.05) is 28.2 Å². The van der Waals surface area contributed by atoms with E-state index in [0.29, 0.717) is 16.4 Å². The van der Waals surface area contributed by atoms with Gasteiger partial charge in [-0.05, 0) is 50.6 Å². The molecule has 7 heteroatoms. The molecule has 0 aliphatic carbocycles. The minimum atomic E-state index is -0.279. The van der Waals surface area contributed by atoms with Crippen LogP contribution in [0.5, 0.6) is 0 Å². The van der Waals surface area contributed by atoms with Crippen molar-refractivity contribution in [1.29, 1.82) is 0 Å². The molecule has 0 bridgehead atoms. The number of amides is 3. The molecule has 1 aromatic heterocycles. The number of rotatable bonds is 5. The summed E-state index contributed by atoms with van der Waals surface area (Å²) < 4.78 is 0. The maximum atomic E-state index is 12.5. The highest BCUT2D eigenvalue weighted by molar-refractivity contribution is 7.14. The predicted octanol–water partition coefficient (Wildman–Crippen LogP) is 4.90. The summed E-state index contributed by atoms with van der Waals surface area (Å²) in [6.07, 6.45) is 0. The standard InChI is InChI=1S/C21H22N4O2S/c1-13(2)22-20(27)23-16-10-8-15(9-11-16)19(26)25-21-24-18(12-28-21)17-7-5-4-6-14(17)3/h4-13H,1-3H3,(H2,22,23,27)(H,24,25,26). The Bertz CT molecular complexity index is 980. The third-order valence-corrected chi connectivity index (χ3v) is 4.73. The Morgan fingerprint density at radius 2 is 1.71 bits per heavy atom. The van der Waals surface area contributed by atoms with Crippen LogP contribution in [0.3, 0.4) is 0 Å². The highest BCUT2D eigenvalue weighted by Gasteiger charge is 2.11. The van der Waals surface area contributed by atoms with E-state index in [2.05, 4.69) is 20.9 Å². The first kappa shape index (κ1) is 19.6. The molecule has 3 amide bonds. The van der Waals surface area contributed by atoms with Gasteiger partial charge < -0.3 is 10.6 Å². The molecule has 0 saturated heterocycles. The van der Waals surface area contributed by atoms with Crippen molar-refractivity contribution in [3.63, 3.8) is 0 Å². The van der Waals surface area contributed by atoms with E-state index >= 15 is 0 Å². The molecule has 0 atom stereocenters. The van der Waals surface area contributed by atoms with Crippen molar-refractivity contribution >= 4 is 34.1 Å². The number of carbonyl (C=O) groups is 2. The number of nitrogens with one attached hydrogen (secondary N) is 3. The van der Waals surface area contributed by atoms with E-state index in [1.54, 1.807) is 24.3 Å². The van der Waals surface area contributed by atoms with Crippen LogP contribution in [0.15, 0.2) is 53.9 Å². The van der Waals surface area contributed by atoms with Crippen LogP contribution < -0.4 is 16.0 Å². The van der Waals surface area contributed by atoms with Gasteiger partial charge in [-0.1, -0.05) is 24.3 Å². The third kappa shape index (κ3) is 4.95. The summed E-state index contributed by atoms with van der Waals surface area (Å²) in [7, 11) is 0. The Balaban J connectivity index is 1.64. The van der Waals surface area contributed by atoms with E-state index in [1.807, 2.05) is 50.4 Å². The van der Waals surface area contributed by atoms with E-state index in [1.165, 1.54) is 11.3 Å². The molecule has 0 saturated carbocycles. The molecule has 0 aliphatic rings. The summed E-state index contributed by atoms with van der Waals surface area (Å²) in [5, 5.41) is 10.8. The number of hydrogen-bond acceptors (Lipinski definition) is 4. The van der Waals surface area contributed by atoms with Crippen LogP contribution >= 0.6 is 11.3 Å². The Hall–Kier alpha value is -3.19. The Kier molecular flexibility index (Phi) is 6.06. The highest BCUT2D eigenvalue weighted by atomic mass is 32.1. The molecule has 1 heterocycles. The molecule has 0 unspecified atom stereocenters. The minimum Gasteiger partial charge on any atom is -0.336 e. The fourth-order valence-electron chi connectivity index (χ4n) is 2.62. The number of carbonyl (C=O) groups excluding carboxylic acids is 2. The molecule has 0 radical (unpaired) electrons. The van der Waals surface area contributed by atoms with Crippen LogP contribution in [-0.4, -0.2) is 23.0 Å². The van der Waals surface area contributed by atoms with E-state index in [0.717, 1.165) is 16.8 Å². The first-order chi connectivity index (χ1) is 13.4. The van der Waals surface area contributed by atoms with Crippen molar-refractivity contribution in [3.05, 3.63) is 65.0 Å². The molecule has 3 aromatic rings. The molecule has 3 rings (SSSR count). The first-order valence-electron chi connectivity index (χ1n) is 8.93. The van der Waals surface area contributed by atoms with Crippen molar-refractivity contribution in [3.8, 4) is 11.3 Å². The molecule has 0 aliphatic heterocycles. The van der Waals surface area contributed by atoms with E-state index in [-0.39, 0.29) is 18.0 Å². The number of hydrogen-bond donors (Lipinski definition) is 3. The summed E-state index contributed by atoms with van der Waals surface area (Å²) in [4.78, 5) is 28.7. The largest absolute Gasteiger partial charge is 0.336 e. The van der Waals surface area contributed by atoms with Gasteiger partial charge in [0.1, 0.15) is 0 Å². The average Bonchev–Trinajstić information content (AvgIpc) is 3.10. The summed E-state index contributed by atoms with van der Waals surface area (Å²) in [6, 6.07) is 14.5. The second-order valence-electron chi connectivity index (χ2n) is 6.64. The van der Waals surface area contributed by atoms with Crippen LogP contribution in [0.25, 0.3) is 11.3 Å². The lowest BCUT2D eigenvalue weighted by atomic mass is 10.1. The molecule has 6 nitrogen and oxygen atoms in total. The van der Waals surface area contributed by atoms with Crippen molar-refractivity contribution in [1.82, 2.24) is 10.3 Å². The summed E-state index contributed by atoms with van der Waals surface area (Å²) in [5.41, 5.74) is 4.13. The zero-order chi connectivity index (χ0) is 20.1. The third-order valence-electron chi connectivity index (χ3n) is 3.97. The monoisotopic (exact) mass is 394 g/mol. The van der Waals surface area contributed by atoms with Crippen molar-refractivity contribution < 1.29 is 9.59 Å². The van der Waals surface area contributed by atoms with Gasteiger partial charge in [0.05, 0.1) is 5.69 Å². The molecule has 3 N–H and O–H groups in total. The number of urea groups is 1. The topological polar surface area (TPSA) is 83.1 Å². The molecular formula is C21H22N4O2S. The molecular weight excluding hydrogens is 372 g/mol. The van der Waals surface area contributed by atoms with Crippen molar-refractivity contribution in [2.24, 2.45) is 0 Å². The number of aromatic nitrogens is 1. The average molecular weight is 395 g/mol. The van der Waals surface area contributed by atoms with Gasteiger partial charge in [-0.25, -0.2) is 9.78 Å². The van der Waals surface area contributed by atoms with Crippen LogP contribution in [0.2, 0.25) is 0 Å². The summed E-state index contributed by atoms with van der Waals surface area (Å²) in [5.74, 6) is -0.246. The summed E-state index contributed by atoms with van der Waals surface area (Å²) >= 11 is 1.38. The van der Waals surface area contributed by atoms with Crippen molar-refractivity contribution in [2.75, 3.05) is 10.6 Å². The van der Waals surface area contributed by atoms with Gasteiger partial charge in [0.15, 0.2) is 5.13 Å². The second kappa shape index (κ2) is 8.67. The Morgan fingerprint density at radius 1 is 1.00 bits per heavy atom. The van der Waals surface area contributed by atoms with Gasteiger partial charge in [0.2, 0.25) is 0 Å². The summed E-state index contributed by atoms with van der Waals surface area (Å²) in [6.45, 7) is 5.80. The SMILES string of the molecule is Cc1ccccc1-c1csc(NC(=O)c2ccc(NC(=O)NC(C)C)cc2)n1. The maximum absolute atomic E-state index is 12.5. The van der Waals surface area contributed by atoms with E-state index < -0.39 is 0 Å².